The molecule has 1 unspecified atom stereocenters. The number of nitrogens with zero attached hydrogens (tertiary/aromatic N) is 1. The van der Waals surface area contributed by atoms with Crippen LogP contribution in [0.5, 0.6) is 0 Å². The van der Waals surface area contributed by atoms with Crippen molar-refractivity contribution in [3.8, 4) is 0 Å². The van der Waals surface area contributed by atoms with Crippen molar-refractivity contribution in [1.82, 2.24) is 4.90 Å². The minimum atomic E-state index is 0.775. The van der Waals surface area contributed by atoms with Crippen LogP contribution in [-0.2, 0) is 0 Å². The molecule has 1 saturated carbocycles. The van der Waals surface area contributed by atoms with Gasteiger partial charge in [-0.2, -0.15) is 12.6 Å². The molecular weight excluding hydrogens is 166 g/mol. The van der Waals surface area contributed by atoms with E-state index in [2.05, 4.69) is 31.4 Å². The summed E-state index contributed by atoms with van der Waals surface area (Å²) in [6, 6.07) is 0. The minimum absolute atomic E-state index is 0.775. The van der Waals surface area contributed by atoms with Crippen LogP contribution >= 0.6 is 12.6 Å². The van der Waals surface area contributed by atoms with Crippen LogP contribution in [0.4, 0.5) is 0 Å². The van der Waals surface area contributed by atoms with Crippen LogP contribution in [0.2, 0.25) is 0 Å². The topological polar surface area (TPSA) is 3.24 Å². The van der Waals surface area contributed by atoms with Gasteiger partial charge in [-0.05, 0) is 23.7 Å². The average Bonchev–Trinajstić information content (AvgIpc) is 2.62. The van der Waals surface area contributed by atoms with Crippen LogP contribution in [0, 0.1) is 17.3 Å². The SMILES string of the molecule is CC(C)C1CC12CN(CCS)C2. The van der Waals surface area contributed by atoms with E-state index < -0.39 is 0 Å². The van der Waals surface area contributed by atoms with Crippen LogP contribution in [0.1, 0.15) is 20.3 Å². The molecule has 0 amide bonds. The van der Waals surface area contributed by atoms with E-state index >= 15 is 0 Å². The van der Waals surface area contributed by atoms with Crippen molar-refractivity contribution in [1.29, 1.82) is 0 Å². The maximum Gasteiger partial charge on any atom is 0.00703 e. The first kappa shape index (κ1) is 8.89. The Morgan fingerprint density at radius 1 is 1.50 bits per heavy atom. The maximum absolute atomic E-state index is 4.25. The standard InChI is InChI=1S/C10H19NS/c1-8(2)9-5-10(9)6-11(7-10)3-4-12/h8-9,12H,3-7H2,1-2H3. The summed E-state index contributed by atoms with van der Waals surface area (Å²) in [5.41, 5.74) is 0.775. The molecule has 1 aliphatic carbocycles. The van der Waals surface area contributed by atoms with Crippen molar-refractivity contribution >= 4 is 12.6 Å². The molecule has 1 spiro atoms. The maximum atomic E-state index is 4.25. The summed E-state index contributed by atoms with van der Waals surface area (Å²) in [7, 11) is 0. The van der Waals surface area contributed by atoms with Gasteiger partial charge >= 0.3 is 0 Å². The summed E-state index contributed by atoms with van der Waals surface area (Å²) in [5.74, 6) is 2.96. The summed E-state index contributed by atoms with van der Waals surface area (Å²) in [5, 5.41) is 0. The highest BCUT2D eigenvalue weighted by atomic mass is 32.1. The first-order chi connectivity index (χ1) is 5.68. The van der Waals surface area contributed by atoms with Crippen LogP contribution in [0.3, 0.4) is 0 Å². The van der Waals surface area contributed by atoms with Crippen molar-refractivity contribution in [2.24, 2.45) is 17.3 Å². The molecular formula is C10H19NS. The number of likely N-dealkylation sites (tertiary alicyclic amines) is 1. The zero-order chi connectivity index (χ0) is 8.77. The normalized spacial score (nSPS) is 32.5. The van der Waals surface area contributed by atoms with E-state index in [9.17, 15) is 0 Å². The largest absolute Gasteiger partial charge is 0.301 e. The van der Waals surface area contributed by atoms with Crippen LogP contribution < -0.4 is 0 Å². The Morgan fingerprint density at radius 2 is 2.17 bits per heavy atom. The first-order valence-corrected chi connectivity index (χ1v) is 5.64. The van der Waals surface area contributed by atoms with Gasteiger partial charge in [0.25, 0.3) is 0 Å². The van der Waals surface area contributed by atoms with E-state index in [0.29, 0.717) is 0 Å². The predicted molar refractivity (Wildman–Crippen MR) is 55.7 cm³/mol. The number of thiol groups is 1. The van der Waals surface area contributed by atoms with Crippen molar-refractivity contribution in [2.75, 3.05) is 25.4 Å². The Balaban J connectivity index is 1.75. The fraction of sp³-hybridized carbons (Fsp3) is 1.00. The molecule has 1 heterocycles. The highest BCUT2D eigenvalue weighted by Gasteiger charge is 2.61. The molecule has 0 radical (unpaired) electrons. The summed E-state index contributed by atoms with van der Waals surface area (Å²) in [6.45, 7) is 8.63. The Bertz CT molecular complexity index is 173. The second-order valence-corrected chi connectivity index (χ2v) is 5.30. The molecule has 1 atom stereocenters. The van der Waals surface area contributed by atoms with Crippen molar-refractivity contribution in [3.63, 3.8) is 0 Å². The molecule has 0 aromatic heterocycles. The Labute approximate surface area is 80.9 Å². The summed E-state index contributed by atoms with van der Waals surface area (Å²) < 4.78 is 0. The van der Waals surface area contributed by atoms with Crippen LogP contribution in [-0.4, -0.2) is 30.3 Å². The molecule has 1 aliphatic heterocycles. The summed E-state index contributed by atoms with van der Waals surface area (Å²) in [6.07, 6.45) is 1.49. The average molecular weight is 185 g/mol. The molecule has 2 fully saturated rings. The van der Waals surface area contributed by atoms with Gasteiger partial charge in [-0.3, -0.25) is 0 Å². The van der Waals surface area contributed by atoms with Gasteiger partial charge in [0.1, 0.15) is 0 Å². The van der Waals surface area contributed by atoms with Gasteiger partial charge in [-0.25, -0.2) is 0 Å². The van der Waals surface area contributed by atoms with E-state index in [1.807, 2.05) is 0 Å². The molecule has 12 heavy (non-hydrogen) atoms. The highest BCUT2D eigenvalue weighted by molar-refractivity contribution is 7.80. The number of rotatable bonds is 3. The summed E-state index contributed by atoms with van der Waals surface area (Å²) in [4.78, 5) is 2.54. The molecule has 0 aromatic rings. The zero-order valence-electron chi connectivity index (χ0n) is 8.08. The van der Waals surface area contributed by atoms with Gasteiger partial charge < -0.3 is 4.90 Å². The molecule has 0 aromatic carbocycles. The molecule has 0 bridgehead atoms. The van der Waals surface area contributed by atoms with Gasteiger partial charge in [0.05, 0.1) is 0 Å². The molecule has 1 nitrogen and oxygen atoms in total. The third-order valence-electron chi connectivity index (χ3n) is 3.55. The van der Waals surface area contributed by atoms with E-state index in [1.165, 1.54) is 26.1 Å². The molecule has 2 rings (SSSR count). The number of hydrogen-bond acceptors (Lipinski definition) is 2. The minimum Gasteiger partial charge on any atom is -0.301 e. The third-order valence-corrected chi connectivity index (χ3v) is 3.75. The second-order valence-electron chi connectivity index (χ2n) is 4.85. The van der Waals surface area contributed by atoms with Crippen molar-refractivity contribution in [3.05, 3.63) is 0 Å². The Hall–Kier alpha value is 0.310. The Morgan fingerprint density at radius 3 is 2.58 bits per heavy atom. The Kier molecular flexibility index (Phi) is 2.16. The van der Waals surface area contributed by atoms with Gasteiger partial charge in [-0.1, -0.05) is 13.8 Å². The summed E-state index contributed by atoms with van der Waals surface area (Å²) >= 11 is 4.25. The molecule has 2 aliphatic rings. The fourth-order valence-electron chi connectivity index (χ4n) is 2.83. The monoisotopic (exact) mass is 185 g/mol. The third kappa shape index (κ3) is 1.29. The fourth-order valence-corrected chi connectivity index (χ4v) is 3.11. The molecule has 70 valence electrons. The van der Waals surface area contributed by atoms with E-state index in [-0.39, 0.29) is 0 Å². The lowest BCUT2D eigenvalue weighted by atomic mass is 9.90. The van der Waals surface area contributed by atoms with Crippen LogP contribution in [0.25, 0.3) is 0 Å². The van der Waals surface area contributed by atoms with Gasteiger partial charge in [-0.15, -0.1) is 0 Å². The number of hydrogen-bond donors (Lipinski definition) is 1. The zero-order valence-corrected chi connectivity index (χ0v) is 8.98. The predicted octanol–water partition coefficient (Wildman–Crippen LogP) is 1.89. The van der Waals surface area contributed by atoms with Gasteiger partial charge in [0, 0.05) is 25.4 Å². The van der Waals surface area contributed by atoms with E-state index in [0.717, 1.165) is 23.0 Å². The second kappa shape index (κ2) is 2.91. The lowest BCUT2D eigenvalue weighted by molar-refractivity contribution is 0.0700. The van der Waals surface area contributed by atoms with E-state index in [4.69, 9.17) is 0 Å². The van der Waals surface area contributed by atoms with Gasteiger partial charge in [0.2, 0.25) is 0 Å². The lowest BCUT2D eigenvalue weighted by Gasteiger charge is -2.41. The molecule has 1 saturated heterocycles. The van der Waals surface area contributed by atoms with Gasteiger partial charge in [0.15, 0.2) is 0 Å². The highest BCUT2D eigenvalue weighted by Crippen LogP contribution is 2.61. The van der Waals surface area contributed by atoms with E-state index in [1.54, 1.807) is 0 Å². The lowest BCUT2D eigenvalue weighted by Crippen LogP contribution is -2.50. The van der Waals surface area contributed by atoms with Crippen molar-refractivity contribution < 1.29 is 0 Å². The molecule has 2 heteroatoms. The quantitative estimate of drug-likeness (QED) is 0.657. The van der Waals surface area contributed by atoms with Crippen LogP contribution in [0.15, 0.2) is 0 Å². The van der Waals surface area contributed by atoms with Crippen molar-refractivity contribution in [2.45, 2.75) is 20.3 Å². The first-order valence-electron chi connectivity index (χ1n) is 5.01. The molecule has 0 N–H and O–H groups in total. The smallest absolute Gasteiger partial charge is 0.00703 e.